The van der Waals surface area contributed by atoms with Gasteiger partial charge in [-0.3, -0.25) is 9.52 Å². The molecule has 1 heterocycles. The highest BCUT2D eigenvalue weighted by Gasteiger charge is 2.16. The number of sulfonamides is 1. The van der Waals surface area contributed by atoms with Gasteiger partial charge in [0, 0.05) is 11.1 Å². The Kier molecular flexibility index (Phi) is 5.79. The fourth-order valence-corrected chi connectivity index (χ4v) is 4.32. The number of benzene rings is 2. The largest absolute Gasteiger partial charge is 0.326 e. The number of hydrogen-bond donors (Lipinski definition) is 2. The van der Waals surface area contributed by atoms with Crippen LogP contribution in [0.3, 0.4) is 0 Å². The number of aromatic nitrogens is 1. The Balaban J connectivity index is 1.74. The highest BCUT2D eigenvalue weighted by atomic mass is 35.5. The molecule has 2 aromatic carbocycles. The van der Waals surface area contributed by atoms with Gasteiger partial charge in [-0.05, 0) is 37.3 Å². The van der Waals surface area contributed by atoms with Gasteiger partial charge >= 0.3 is 0 Å². The Labute approximate surface area is 166 Å². The maximum absolute atomic E-state index is 12.6. The summed E-state index contributed by atoms with van der Waals surface area (Å²) >= 11 is 7.48. The van der Waals surface area contributed by atoms with Crippen LogP contribution in [-0.2, 0) is 21.2 Å². The number of amides is 1. The van der Waals surface area contributed by atoms with E-state index in [4.69, 9.17) is 11.6 Å². The lowest BCUT2D eigenvalue weighted by Crippen LogP contribution is -2.16. The third-order valence-electron chi connectivity index (χ3n) is 3.55. The molecular formula is C18H16ClN3O3S2. The topological polar surface area (TPSA) is 88.2 Å². The lowest BCUT2D eigenvalue weighted by atomic mass is 10.3. The second-order valence-corrected chi connectivity index (χ2v) is 8.85. The maximum Gasteiger partial charge on any atom is 0.262 e. The Bertz CT molecular complexity index is 1080. The smallest absolute Gasteiger partial charge is 0.262 e. The third-order valence-corrected chi connectivity index (χ3v) is 6.07. The van der Waals surface area contributed by atoms with Crippen LogP contribution >= 0.6 is 22.9 Å². The van der Waals surface area contributed by atoms with Crippen LogP contribution in [0, 0.1) is 6.92 Å². The molecule has 0 bridgehead atoms. The standard InChI is InChI=1S/C18H16ClN3O3S2/c1-12-20-14(11-26-12)10-18(23)21-13-5-4-6-15(9-13)27(24,25)22-17-8-3-2-7-16(17)19/h2-9,11,22H,10H2,1H3,(H,21,23). The minimum absolute atomic E-state index is 0.0183. The SMILES string of the molecule is Cc1nc(CC(=O)Nc2cccc(S(=O)(=O)Nc3ccccc3Cl)c2)cs1. The Morgan fingerprint density at radius 3 is 2.67 bits per heavy atom. The fraction of sp³-hybridized carbons (Fsp3) is 0.111. The normalized spacial score (nSPS) is 11.2. The van der Waals surface area contributed by atoms with Crippen LogP contribution in [0.5, 0.6) is 0 Å². The van der Waals surface area contributed by atoms with Gasteiger partial charge in [0.05, 0.1) is 32.7 Å². The summed E-state index contributed by atoms with van der Waals surface area (Å²) in [4.78, 5) is 16.4. The summed E-state index contributed by atoms with van der Waals surface area (Å²) in [6.07, 6.45) is 0.124. The van der Waals surface area contributed by atoms with E-state index in [1.165, 1.54) is 23.5 Å². The van der Waals surface area contributed by atoms with E-state index in [2.05, 4.69) is 15.0 Å². The summed E-state index contributed by atoms with van der Waals surface area (Å²) in [7, 11) is -3.85. The number of anilines is 2. The summed E-state index contributed by atoms with van der Waals surface area (Å²) in [6, 6.07) is 12.6. The van der Waals surface area contributed by atoms with Gasteiger partial charge in [-0.1, -0.05) is 29.8 Å². The zero-order valence-electron chi connectivity index (χ0n) is 14.3. The number of hydrogen-bond acceptors (Lipinski definition) is 5. The average molecular weight is 422 g/mol. The maximum atomic E-state index is 12.6. The molecule has 9 heteroatoms. The zero-order chi connectivity index (χ0) is 19.4. The van der Waals surface area contributed by atoms with Gasteiger partial charge in [0.15, 0.2) is 0 Å². The van der Waals surface area contributed by atoms with Crippen LogP contribution in [-0.4, -0.2) is 19.3 Å². The van der Waals surface area contributed by atoms with Gasteiger partial charge in [-0.2, -0.15) is 0 Å². The zero-order valence-corrected chi connectivity index (χ0v) is 16.7. The average Bonchev–Trinajstić information content (AvgIpc) is 3.01. The van der Waals surface area contributed by atoms with Crippen molar-refractivity contribution in [1.82, 2.24) is 4.98 Å². The first-order valence-electron chi connectivity index (χ1n) is 7.92. The first-order chi connectivity index (χ1) is 12.8. The van der Waals surface area contributed by atoms with Gasteiger partial charge in [0.25, 0.3) is 10.0 Å². The number of carbonyl (C=O) groups excluding carboxylic acids is 1. The molecule has 0 atom stereocenters. The molecule has 1 amide bonds. The highest BCUT2D eigenvalue weighted by Crippen LogP contribution is 2.25. The first-order valence-corrected chi connectivity index (χ1v) is 10.7. The van der Waals surface area contributed by atoms with Crippen LogP contribution in [0.2, 0.25) is 5.02 Å². The fourth-order valence-electron chi connectivity index (χ4n) is 2.35. The molecule has 0 spiro atoms. The van der Waals surface area contributed by atoms with Crippen LogP contribution in [0.15, 0.2) is 58.8 Å². The van der Waals surface area contributed by atoms with E-state index < -0.39 is 10.0 Å². The molecule has 1 aromatic heterocycles. The number of nitrogens with one attached hydrogen (secondary N) is 2. The van der Waals surface area contributed by atoms with Crippen molar-refractivity contribution in [3.63, 3.8) is 0 Å². The number of aryl methyl sites for hydroxylation is 1. The summed E-state index contributed by atoms with van der Waals surface area (Å²) in [5.74, 6) is -0.270. The molecule has 0 aliphatic rings. The second kappa shape index (κ2) is 8.08. The highest BCUT2D eigenvalue weighted by molar-refractivity contribution is 7.92. The Morgan fingerprint density at radius 2 is 1.96 bits per heavy atom. The number of halogens is 1. The van der Waals surface area contributed by atoms with E-state index in [-0.39, 0.29) is 22.9 Å². The Hall–Kier alpha value is -2.42. The van der Waals surface area contributed by atoms with E-state index >= 15 is 0 Å². The van der Waals surface area contributed by atoms with Crippen molar-refractivity contribution in [3.8, 4) is 0 Å². The molecule has 140 valence electrons. The predicted molar refractivity (Wildman–Crippen MR) is 108 cm³/mol. The van der Waals surface area contributed by atoms with Crippen LogP contribution in [0.1, 0.15) is 10.7 Å². The van der Waals surface area contributed by atoms with E-state index in [0.29, 0.717) is 16.4 Å². The molecule has 3 rings (SSSR count). The van der Waals surface area contributed by atoms with Crippen LogP contribution in [0.4, 0.5) is 11.4 Å². The van der Waals surface area contributed by atoms with E-state index in [1.807, 2.05) is 12.3 Å². The van der Waals surface area contributed by atoms with Gasteiger partial charge in [0.1, 0.15) is 0 Å². The van der Waals surface area contributed by atoms with Crippen LogP contribution in [0.25, 0.3) is 0 Å². The number of carbonyl (C=O) groups is 1. The molecule has 0 aliphatic carbocycles. The number of para-hydroxylation sites is 1. The van der Waals surface area contributed by atoms with Crippen molar-refractivity contribution in [1.29, 1.82) is 0 Å². The second-order valence-electron chi connectivity index (χ2n) is 5.70. The van der Waals surface area contributed by atoms with Gasteiger partial charge in [-0.25, -0.2) is 13.4 Å². The molecule has 0 radical (unpaired) electrons. The molecule has 0 unspecified atom stereocenters. The monoisotopic (exact) mass is 421 g/mol. The summed E-state index contributed by atoms with van der Waals surface area (Å²) < 4.78 is 27.6. The first kappa shape index (κ1) is 19.3. The molecule has 2 N–H and O–H groups in total. The Morgan fingerprint density at radius 1 is 1.19 bits per heavy atom. The lowest BCUT2D eigenvalue weighted by Gasteiger charge is -2.11. The van der Waals surface area contributed by atoms with Crippen molar-refractivity contribution in [2.24, 2.45) is 0 Å². The number of thiazole rings is 1. The van der Waals surface area contributed by atoms with Crippen molar-refractivity contribution >= 4 is 50.2 Å². The van der Waals surface area contributed by atoms with Crippen molar-refractivity contribution in [2.45, 2.75) is 18.2 Å². The van der Waals surface area contributed by atoms with E-state index in [9.17, 15) is 13.2 Å². The molecule has 0 aliphatic heterocycles. The summed E-state index contributed by atoms with van der Waals surface area (Å²) in [5, 5.41) is 5.70. The molecule has 0 fully saturated rings. The summed E-state index contributed by atoms with van der Waals surface area (Å²) in [5.41, 5.74) is 1.35. The van der Waals surface area contributed by atoms with Crippen molar-refractivity contribution < 1.29 is 13.2 Å². The van der Waals surface area contributed by atoms with Crippen molar-refractivity contribution in [3.05, 3.63) is 69.6 Å². The quantitative estimate of drug-likeness (QED) is 0.627. The molecule has 0 saturated carbocycles. The number of rotatable bonds is 6. The van der Waals surface area contributed by atoms with Gasteiger partial charge in [0.2, 0.25) is 5.91 Å². The predicted octanol–water partition coefficient (Wildman–Crippen LogP) is 4.09. The van der Waals surface area contributed by atoms with E-state index in [1.54, 1.807) is 36.4 Å². The molecular weight excluding hydrogens is 406 g/mol. The molecule has 27 heavy (non-hydrogen) atoms. The molecule has 6 nitrogen and oxygen atoms in total. The van der Waals surface area contributed by atoms with E-state index in [0.717, 1.165) is 5.01 Å². The van der Waals surface area contributed by atoms with Crippen molar-refractivity contribution in [2.75, 3.05) is 10.0 Å². The van der Waals surface area contributed by atoms with Gasteiger partial charge in [-0.15, -0.1) is 11.3 Å². The molecule has 3 aromatic rings. The number of nitrogens with zero attached hydrogens (tertiary/aromatic N) is 1. The summed E-state index contributed by atoms with van der Waals surface area (Å²) in [6.45, 7) is 1.87. The van der Waals surface area contributed by atoms with Gasteiger partial charge < -0.3 is 5.32 Å². The lowest BCUT2D eigenvalue weighted by molar-refractivity contribution is -0.115. The third kappa shape index (κ3) is 5.06. The molecule has 0 saturated heterocycles. The minimum Gasteiger partial charge on any atom is -0.326 e. The minimum atomic E-state index is -3.85. The van der Waals surface area contributed by atoms with Crippen LogP contribution < -0.4 is 10.0 Å².